The van der Waals surface area contributed by atoms with E-state index in [0.29, 0.717) is 70.4 Å². The summed E-state index contributed by atoms with van der Waals surface area (Å²) in [7, 11) is 1.83. The number of imide groups is 1. The van der Waals surface area contributed by atoms with Gasteiger partial charge in [-0.3, -0.25) is 24.5 Å². The van der Waals surface area contributed by atoms with Crippen molar-refractivity contribution in [2.24, 2.45) is 13.0 Å². The second kappa shape index (κ2) is 9.54. The Kier molecular flexibility index (Phi) is 6.61. The van der Waals surface area contributed by atoms with E-state index in [1.54, 1.807) is 9.58 Å². The molecule has 1 unspecified atom stereocenters. The molecule has 0 radical (unpaired) electrons. The van der Waals surface area contributed by atoms with E-state index in [2.05, 4.69) is 21.8 Å². The van der Waals surface area contributed by atoms with E-state index in [4.69, 9.17) is 0 Å². The predicted octanol–water partition coefficient (Wildman–Crippen LogP) is 3.20. The van der Waals surface area contributed by atoms with Crippen LogP contribution in [-0.2, 0) is 16.6 Å². The number of nitrogens with one attached hydrogen (secondary N) is 2. The van der Waals surface area contributed by atoms with Crippen molar-refractivity contribution in [3.05, 3.63) is 29.5 Å². The van der Waals surface area contributed by atoms with Crippen molar-refractivity contribution in [3.8, 4) is 0 Å². The summed E-state index contributed by atoms with van der Waals surface area (Å²) < 4.78 is 43.8. The Balaban J connectivity index is 1.31. The van der Waals surface area contributed by atoms with Crippen molar-refractivity contribution >= 4 is 22.7 Å². The van der Waals surface area contributed by atoms with Gasteiger partial charge in [0, 0.05) is 18.9 Å². The number of carbonyl (C=O) groups is 2. The number of piperidine rings is 3. The van der Waals surface area contributed by atoms with Gasteiger partial charge in [0.15, 0.2) is 0 Å². The average molecular weight is 492 g/mol. The number of aromatic nitrogens is 2. The molecule has 2 N–H and O–H groups in total. The fraction of sp³-hybridized carbons (Fsp3) is 0.640. The van der Waals surface area contributed by atoms with Crippen LogP contribution in [0.15, 0.2) is 18.2 Å². The van der Waals surface area contributed by atoms with Gasteiger partial charge in [0.1, 0.15) is 6.04 Å². The van der Waals surface area contributed by atoms with Gasteiger partial charge in [0.05, 0.1) is 17.1 Å². The van der Waals surface area contributed by atoms with Crippen LogP contribution in [0, 0.1) is 5.92 Å². The van der Waals surface area contributed by atoms with Gasteiger partial charge in [0.25, 0.3) is 0 Å². The minimum atomic E-state index is -4.21. The number of nitrogens with zero attached hydrogens (tertiary/aromatic N) is 3. The number of carbonyl (C=O) groups excluding carboxylic acids is 2. The summed E-state index contributed by atoms with van der Waals surface area (Å²) in [5, 5.41) is 11.0. The highest BCUT2D eigenvalue weighted by Gasteiger charge is 2.48. The maximum absolute atomic E-state index is 14.0. The van der Waals surface area contributed by atoms with Crippen LogP contribution in [0.3, 0.4) is 0 Å². The van der Waals surface area contributed by atoms with Gasteiger partial charge < -0.3 is 5.32 Å². The van der Waals surface area contributed by atoms with Crippen molar-refractivity contribution in [3.63, 3.8) is 0 Å². The van der Waals surface area contributed by atoms with Crippen molar-refractivity contribution in [1.82, 2.24) is 25.3 Å². The van der Waals surface area contributed by atoms with Gasteiger partial charge in [-0.15, -0.1) is 0 Å². The third-order valence-electron chi connectivity index (χ3n) is 8.03. The van der Waals surface area contributed by atoms with Crippen LogP contribution in [0.4, 0.5) is 13.2 Å². The number of likely N-dealkylation sites (tertiary alicyclic amines) is 1. The van der Waals surface area contributed by atoms with Crippen LogP contribution < -0.4 is 10.6 Å². The molecule has 3 aliphatic rings. The molecule has 35 heavy (non-hydrogen) atoms. The summed E-state index contributed by atoms with van der Waals surface area (Å²) in [6.07, 6.45) is -0.986. The zero-order valence-corrected chi connectivity index (χ0v) is 19.9. The molecule has 0 bridgehead atoms. The molecule has 3 saturated heterocycles. The minimum Gasteiger partial charge on any atom is -0.317 e. The smallest absolute Gasteiger partial charge is 0.317 e. The molecule has 10 heteroatoms. The Morgan fingerprint density at radius 3 is 2.43 bits per heavy atom. The third-order valence-corrected chi connectivity index (χ3v) is 8.03. The normalized spacial score (nSPS) is 24.6. The third kappa shape index (κ3) is 4.82. The van der Waals surface area contributed by atoms with E-state index in [-0.39, 0.29) is 23.7 Å². The molecule has 0 spiro atoms. The number of rotatable bonds is 4. The average Bonchev–Trinajstić information content (AvgIpc) is 3.15. The number of hydrogen-bond donors (Lipinski definition) is 2. The van der Waals surface area contributed by atoms with Gasteiger partial charge >= 0.3 is 6.18 Å². The molecule has 5 rings (SSSR count). The molecular weight excluding hydrogens is 459 g/mol. The second-order valence-electron chi connectivity index (χ2n) is 10.2. The quantitative estimate of drug-likeness (QED) is 0.643. The second-order valence-corrected chi connectivity index (χ2v) is 10.2. The standard InChI is InChI=1S/C25H32F3N5O2/c1-32-20-14-17(2-3-18(20)22(31-32)19-4-5-21(34)30-24(19)35)15-8-12-33(13-9-15)23(25(26,27)28)16-6-10-29-11-7-16/h2-3,14-16,19,23,29H,4-13H2,1H3,(H,30,34,35)/t19?,23-/m1/s1. The Bertz CT molecular complexity index is 1100. The van der Waals surface area contributed by atoms with Crippen molar-refractivity contribution in [2.45, 2.75) is 62.6 Å². The van der Waals surface area contributed by atoms with Gasteiger partial charge in [-0.05, 0) is 81.7 Å². The van der Waals surface area contributed by atoms with Crippen LogP contribution in [-0.4, -0.2) is 64.9 Å². The van der Waals surface area contributed by atoms with E-state index in [0.717, 1.165) is 16.5 Å². The lowest BCUT2D eigenvalue weighted by atomic mass is 9.84. The first-order valence-corrected chi connectivity index (χ1v) is 12.5. The first kappa shape index (κ1) is 24.2. The van der Waals surface area contributed by atoms with Crippen LogP contribution >= 0.6 is 0 Å². The van der Waals surface area contributed by atoms with E-state index in [1.807, 2.05) is 19.2 Å². The number of alkyl halides is 3. The van der Waals surface area contributed by atoms with E-state index >= 15 is 0 Å². The van der Waals surface area contributed by atoms with Crippen LogP contribution in [0.5, 0.6) is 0 Å². The summed E-state index contributed by atoms with van der Waals surface area (Å²) in [5.41, 5.74) is 2.66. The Hall–Kier alpha value is -2.46. The van der Waals surface area contributed by atoms with Crippen molar-refractivity contribution in [1.29, 1.82) is 0 Å². The largest absolute Gasteiger partial charge is 0.404 e. The minimum absolute atomic E-state index is 0.187. The number of halogens is 3. The first-order chi connectivity index (χ1) is 16.7. The number of benzene rings is 1. The van der Waals surface area contributed by atoms with E-state index in [1.165, 1.54) is 0 Å². The number of amides is 2. The topological polar surface area (TPSA) is 79.3 Å². The van der Waals surface area contributed by atoms with Crippen molar-refractivity contribution in [2.75, 3.05) is 26.2 Å². The molecule has 190 valence electrons. The van der Waals surface area contributed by atoms with E-state index < -0.39 is 18.1 Å². The van der Waals surface area contributed by atoms with Crippen LogP contribution in [0.2, 0.25) is 0 Å². The highest BCUT2D eigenvalue weighted by Crippen LogP contribution is 2.39. The summed E-state index contributed by atoms with van der Waals surface area (Å²) in [6.45, 7) is 2.17. The molecule has 2 aromatic rings. The zero-order valence-electron chi connectivity index (χ0n) is 19.9. The van der Waals surface area contributed by atoms with Gasteiger partial charge in [-0.2, -0.15) is 18.3 Å². The number of aryl methyl sites for hydroxylation is 1. The van der Waals surface area contributed by atoms with Gasteiger partial charge in [0.2, 0.25) is 11.8 Å². The SMILES string of the molecule is Cn1nc(C2CCC(=O)NC2=O)c2ccc(C3CCN([C@H](C4CCNCC4)C(F)(F)F)CC3)cc21. The Labute approximate surface area is 202 Å². The Morgan fingerprint density at radius 2 is 1.77 bits per heavy atom. The molecule has 3 aliphatic heterocycles. The molecule has 1 aromatic carbocycles. The van der Waals surface area contributed by atoms with Crippen LogP contribution in [0.1, 0.15) is 61.6 Å². The molecule has 2 amide bonds. The Morgan fingerprint density at radius 1 is 1.06 bits per heavy atom. The fourth-order valence-electron chi connectivity index (χ4n) is 6.21. The summed E-state index contributed by atoms with van der Waals surface area (Å²) in [6, 6.07) is 4.69. The maximum atomic E-state index is 14.0. The molecular formula is C25H32F3N5O2. The molecule has 2 atom stereocenters. The predicted molar refractivity (Wildman–Crippen MR) is 125 cm³/mol. The highest BCUT2D eigenvalue weighted by atomic mass is 19.4. The lowest BCUT2D eigenvalue weighted by Gasteiger charge is -2.43. The molecule has 1 aromatic heterocycles. The molecule has 4 heterocycles. The number of fused-ring (bicyclic) bond motifs is 1. The summed E-state index contributed by atoms with van der Waals surface area (Å²) in [5.74, 6) is -1.19. The van der Waals surface area contributed by atoms with Crippen molar-refractivity contribution < 1.29 is 22.8 Å². The molecule has 0 saturated carbocycles. The lowest BCUT2D eigenvalue weighted by molar-refractivity contribution is -0.202. The van der Waals surface area contributed by atoms with Crippen LogP contribution in [0.25, 0.3) is 10.9 Å². The zero-order chi connectivity index (χ0) is 24.7. The number of hydrogen-bond acceptors (Lipinski definition) is 5. The monoisotopic (exact) mass is 491 g/mol. The lowest BCUT2D eigenvalue weighted by Crippen LogP contribution is -2.54. The maximum Gasteiger partial charge on any atom is 0.404 e. The van der Waals surface area contributed by atoms with E-state index in [9.17, 15) is 22.8 Å². The summed E-state index contributed by atoms with van der Waals surface area (Å²) >= 11 is 0. The molecule has 0 aliphatic carbocycles. The first-order valence-electron chi connectivity index (χ1n) is 12.5. The van der Waals surface area contributed by atoms with Gasteiger partial charge in [-0.1, -0.05) is 12.1 Å². The fourth-order valence-corrected chi connectivity index (χ4v) is 6.21. The van der Waals surface area contributed by atoms with Gasteiger partial charge in [-0.25, -0.2) is 0 Å². The highest BCUT2D eigenvalue weighted by molar-refractivity contribution is 6.02. The molecule has 3 fully saturated rings. The summed E-state index contributed by atoms with van der Waals surface area (Å²) in [4.78, 5) is 25.6. The molecule has 7 nitrogen and oxygen atoms in total.